The Balaban J connectivity index is 2.37. The number of methoxy groups -OCH3 is 1. The Morgan fingerprint density at radius 2 is 1.81 bits per heavy atom. The van der Waals surface area contributed by atoms with Gasteiger partial charge >= 0.3 is 0 Å². The number of halogens is 1. The summed E-state index contributed by atoms with van der Waals surface area (Å²) in [5, 5.41) is 7.97. The van der Waals surface area contributed by atoms with Crippen molar-refractivity contribution in [2.24, 2.45) is 5.14 Å². The van der Waals surface area contributed by atoms with Crippen LogP contribution in [0.25, 0.3) is 0 Å². The zero-order valence-corrected chi connectivity index (χ0v) is 11.9. The second-order valence-electron chi connectivity index (χ2n) is 4.26. The van der Waals surface area contributed by atoms with Crippen LogP contribution in [0.5, 0.6) is 5.75 Å². The molecule has 0 unspecified atom stereocenters. The summed E-state index contributed by atoms with van der Waals surface area (Å²) in [6.45, 7) is 0. The standard InChI is InChI=1S/C13H14FN3O3S/c1-20-13-6-8(14)2-4-12(13)17-11-5-3-9(7-10(11)15)21(16,18)19/h2-7,17H,15H2,1H3,(H2,16,18,19). The van der Waals surface area contributed by atoms with Crippen LogP contribution in [-0.2, 0) is 10.0 Å². The van der Waals surface area contributed by atoms with Crippen molar-refractivity contribution in [2.45, 2.75) is 4.90 Å². The highest BCUT2D eigenvalue weighted by Gasteiger charge is 2.11. The van der Waals surface area contributed by atoms with Crippen LogP contribution in [0.4, 0.5) is 21.5 Å². The highest BCUT2D eigenvalue weighted by atomic mass is 32.2. The molecule has 2 rings (SSSR count). The molecule has 0 aliphatic rings. The number of hydrogen-bond acceptors (Lipinski definition) is 5. The van der Waals surface area contributed by atoms with E-state index in [1.807, 2.05) is 0 Å². The van der Waals surface area contributed by atoms with Gasteiger partial charge in [-0.25, -0.2) is 17.9 Å². The molecule has 5 N–H and O–H groups in total. The van der Waals surface area contributed by atoms with Gasteiger partial charge in [-0.05, 0) is 30.3 Å². The molecule has 0 aliphatic heterocycles. The summed E-state index contributed by atoms with van der Waals surface area (Å²) < 4.78 is 40.6. The minimum absolute atomic E-state index is 0.0865. The third-order valence-corrected chi connectivity index (χ3v) is 3.70. The van der Waals surface area contributed by atoms with Crippen molar-refractivity contribution in [3.63, 3.8) is 0 Å². The Morgan fingerprint density at radius 3 is 2.38 bits per heavy atom. The van der Waals surface area contributed by atoms with Crippen molar-refractivity contribution in [3.8, 4) is 5.75 Å². The monoisotopic (exact) mass is 311 g/mol. The zero-order chi connectivity index (χ0) is 15.6. The van der Waals surface area contributed by atoms with E-state index in [4.69, 9.17) is 15.6 Å². The van der Waals surface area contributed by atoms with Gasteiger partial charge in [0.1, 0.15) is 11.6 Å². The summed E-state index contributed by atoms with van der Waals surface area (Å²) in [7, 11) is -2.41. The van der Waals surface area contributed by atoms with Gasteiger partial charge in [0.15, 0.2) is 0 Å². The SMILES string of the molecule is COc1cc(F)ccc1Nc1ccc(S(N)(=O)=O)cc1N. The summed E-state index contributed by atoms with van der Waals surface area (Å²) in [5.41, 5.74) is 6.92. The number of benzene rings is 2. The van der Waals surface area contributed by atoms with E-state index >= 15 is 0 Å². The number of rotatable bonds is 4. The van der Waals surface area contributed by atoms with Gasteiger partial charge in [-0.15, -0.1) is 0 Å². The third kappa shape index (κ3) is 3.41. The number of anilines is 3. The van der Waals surface area contributed by atoms with E-state index in [0.29, 0.717) is 17.1 Å². The van der Waals surface area contributed by atoms with Crippen molar-refractivity contribution in [1.29, 1.82) is 0 Å². The van der Waals surface area contributed by atoms with Crippen LogP contribution < -0.4 is 20.9 Å². The fraction of sp³-hybridized carbons (Fsp3) is 0.0769. The van der Waals surface area contributed by atoms with Gasteiger partial charge < -0.3 is 15.8 Å². The Labute approximate surface area is 121 Å². The van der Waals surface area contributed by atoms with E-state index in [9.17, 15) is 12.8 Å². The molecule has 0 aromatic heterocycles. The fourth-order valence-electron chi connectivity index (χ4n) is 1.75. The van der Waals surface area contributed by atoms with E-state index in [1.165, 1.54) is 43.5 Å². The van der Waals surface area contributed by atoms with Gasteiger partial charge in [-0.1, -0.05) is 0 Å². The molecular weight excluding hydrogens is 297 g/mol. The number of nitrogens with two attached hydrogens (primary N) is 2. The summed E-state index contributed by atoms with van der Waals surface area (Å²) in [5.74, 6) is -0.139. The first kappa shape index (κ1) is 15.1. The van der Waals surface area contributed by atoms with E-state index in [1.54, 1.807) is 0 Å². The van der Waals surface area contributed by atoms with E-state index in [2.05, 4.69) is 5.32 Å². The lowest BCUT2D eigenvalue weighted by molar-refractivity contribution is 0.413. The smallest absolute Gasteiger partial charge is 0.238 e. The molecule has 0 atom stereocenters. The van der Waals surface area contributed by atoms with Crippen LogP contribution in [0.3, 0.4) is 0 Å². The molecule has 0 amide bonds. The summed E-state index contributed by atoms with van der Waals surface area (Å²) in [6.07, 6.45) is 0. The molecule has 6 nitrogen and oxygen atoms in total. The van der Waals surface area contributed by atoms with E-state index in [0.717, 1.165) is 0 Å². The predicted octanol–water partition coefficient (Wildman–Crippen LogP) is 1.81. The minimum atomic E-state index is -3.82. The van der Waals surface area contributed by atoms with Crippen molar-refractivity contribution in [2.75, 3.05) is 18.2 Å². The summed E-state index contributed by atoms with van der Waals surface area (Å²) in [4.78, 5) is -0.0865. The van der Waals surface area contributed by atoms with Crippen molar-refractivity contribution in [3.05, 3.63) is 42.2 Å². The Hall–Kier alpha value is -2.32. The zero-order valence-electron chi connectivity index (χ0n) is 11.1. The highest BCUT2D eigenvalue weighted by molar-refractivity contribution is 7.89. The quantitative estimate of drug-likeness (QED) is 0.746. The topological polar surface area (TPSA) is 107 Å². The number of sulfonamides is 1. The molecule has 0 bridgehead atoms. The van der Waals surface area contributed by atoms with Crippen LogP contribution in [0.2, 0.25) is 0 Å². The maximum atomic E-state index is 13.1. The van der Waals surface area contributed by atoms with Gasteiger partial charge in [0.05, 0.1) is 29.1 Å². The largest absolute Gasteiger partial charge is 0.494 e. The summed E-state index contributed by atoms with van der Waals surface area (Å²) in [6, 6.07) is 8.01. The first-order chi connectivity index (χ1) is 9.81. The Bertz CT molecular complexity index is 778. The summed E-state index contributed by atoms with van der Waals surface area (Å²) >= 11 is 0. The van der Waals surface area contributed by atoms with Gasteiger partial charge in [0.25, 0.3) is 0 Å². The average Bonchev–Trinajstić information content (AvgIpc) is 2.41. The van der Waals surface area contributed by atoms with Crippen LogP contribution >= 0.6 is 0 Å². The maximum Gasteiger partial charge on any atom is 0.238 e. The number of ether oxygens (including phenoxy) is 1. The molecule has 2 aromatic rings. The van der Waals surface area contributed by atoms with E-state index < -0.39 is 15.8 Å². The number of nitrogen functional groups attached to an aromatic ring is 1. The molecule has 2 aromatic carbocycles. The molecule has 112 valence electrons. The van der Waals surface area contributed by atoms with Crippen LogP contribution in [0, 0.1) is 5.82 Å². The van der Waals surface area contributed by atoms with Crippen LogP contribution in [0.15, 0.2) is 41.3 Å². The predicted molar refractivity (Wildman–Crippen MR) is 78.5 cm³/mol. The fourth-order valence-corrected chi connectivity index (χ4v) is 2.29. The molecule has 0 heterocycles. The number of primary sulfonamides is 1. The third-order valence-electron chi connectivity index (χ3n) is 2.78. The van der Waals surface area contributed by atoms with Gasteiger partial charge in [-0.3, -0.25) is 0 Å². The van der Waals surface area contributed by atoms with Gasteiger partial charge in [0, 0.05) is 6.07 Å². The van der Waals surface area contributed by atoms with Crippen LogP contribution in [0.1, 0.15) is 0 Å². The Morgan fingerprint density at radius 1 is 1.14 bits per heavy atom. The lowest BCUT2D eigenvalue weighted by Crippen LogP contribution is -2.12. The number of nitrogens with one attached hydrogen (secondary N) is 1. The van der Waals surface area contributed by atoms with Crippen LogP contribution in [-0.4, -0.2) is 15.5 Å². The van der Waals surface area contributed by atoms with Gasteiger partial charge in [-0.2, -0.15) is 0 Å². The second-order valence-corrected chi connectivity index (χ2v) is 5.83. The minimum Gasteiger partial charge on any atom is -0.494 e. The Kier molecular flexibility index (Phi) is 4.01. The first-order valence-electron chi connectivity index (χ1n) is 5.84. The van der Waals surface area contributed by atoms with Gasteiger partial charge in [0.2, 0.25) is 10.0 Å². The number of hydrogen-bond donors (Lipinski definition) is 3. The van der Waals surface area contributed by atoms with Crippen molar-refractivity contribution in [1.82, 2.24) is 0 Å². The van der Waals surface area contributed by atoms with E-state index in [-0.39, 0.29) is 10.6 Å². The van der Waals surface area contributed by atoms with Crippen molar-refractivity contribution >= 4 is 27.1 Å². The molecule has 0 saturated carbocycles. The lowest BCUT2D eigenvalue weighted by atomic mass is 10.2. The molecule has 0 spiro atoms. The van der Waals surface area contributed by atoms with Crippen molar-refractivity contribution < 1.29 is 17.5 Å². The molecule has 0 saturated heterocycles. The highest BCUT2D eigenvalue weighted by Crippen LogP contribution is 2.31. The first-order valence-corrected chi connectivity index (χ1v) is 7.39. The molecule has 0 aliphatic carbocycles. The molecule has 8 heteroatoms. The molecule has 21 heavy (non-hydrogen) atoms. The molecular formula is C13H14FN3O3S. The maximum absolute atomic E-state index is 13.1. The second kappa shape index (κ2) is 5.58. The molecule has 0 fully saturated rings. The average molecular weight is 311 g/mol. The normalized spacial score (nSPS) is 11.2. The lowest BCUT2D eigenvalue weighted by Gasteiger charge is -2.13. The molecule has 0 radical (unpaired) electrons.